The van der Waals surface area contributed by atoms with Crippen LogP contribution in [0.15, 0.2) is 59.4 Å². The van der Waals surface area contributed by atoms with Gasteiger partial charge >= 0.3 is 0 Å². The van der Waals surface area contributed by atoms with Crippen molar-refractivity contribution in [2.75, 3.05) is 10.6 Å². The molecule has 30 heavy (non-hydrogen) atoms. The third-order valence-corrected chi connectivity index (χ3v) is 5.44. The molecule has 1 aliphatic carbocycles. The van der Waals surface area contributed by atoms with E-state index in [9.17, 15) is 4.79 Å². The summed E-state index contributed by atoms with van der Waals surface area (Å²) in [5.74, 6) is 2.12. The predicted molar refractivity (Wildman–Crippen MR) is 118 cm³/mol. The number of nitrogens with zero attached hydrogens (tertiary/aromatic N) is 2. The van der Waals surface area contributed by atoms with E-state index in [0.29, 0.717) is 17.1 Å². The van der Waals surface area contributed by atoms with Crippen molar-refractivity contribution in [3.05, 3.63) is 70.6 Å². The van der Waals surface area contributed by atoms with Gasteiger partial charge in [-0.25, -0.2) is 4.98 Å². The summed E-state index contributed by atoms with van der Waals surface area (Å²) in [6.07, 6.45) is 2.45. The van der Waals surface area contributed by atoms with Crippen LogP contribution in [0, 0.1) is 0 Å². The molecule has 0 amide bonds. The van der Waals surface area contributed by atoms with E-state index in [4.69, 9.17) is 4.98 Å². The molecule has 5 N–H and O–H groups in total. The van der Waals surface area contributed by atoms with Gasteiger partial charge in [0.05, 0.1) is 22.1 Å². The van der Waals surface area contributed by atoms with Gasteiger partial charge in [0.15, 0.2) is 5.82 Å². The largest absolute Gasteiger partial charge is 0.340 e. The Morgan fingerprint density at radius 1 is 0.900 bits per heavy atom. The lowest BCUT2D eigenvalue weighted by molar-refractivity contribution is 0.967. The van der Waals surface area contributed by atoms with E-state index in [0.717, 1.165) is 33.6 Å². The lowest BCUT2D eigenvalue weighted by Crippen LogP contribution is -1.99. The number of aromatic amines is 3. The quantitative estimate of drug-likeness (QED) is 0.300. The lowest BCUT2D eigenvalue weighted by Gasteiger charge is -2.12. The molecule has 1 saturated carbocycles. The molecule has 0 bridgehead atoms. The number of hydrogen-bond acceptors (Lipinski definition) is 5. The molecule has 0 atom stereocenters. The molecular weight excluding hydrogens is 378 g/mol. The van der Waals surface area contributed by atoms with Gasteiger partial charge in [-0.3, -0.25) is 20.1 Å². The Morgan fingerprint density at radius 3 is 2.70 bits per heavy atom. The smallest absolute Gasteiger partial charge is 0.271 e. The van der Waals surface area contributed by atoms with Crippen molar-refractivity contribution in [1.82, 2.24) is 25.4 Å². The van der Waals surface area contributed by atoms with Gasteiger partial charge in [0, 0.05) is 34.8 Å². The van der Waals surface area contributed by atoms with Crippen molar-refractivity contribution in [2.24, 2.45) is 0 Å². The van der Waals surface area contributed by atoms with Crippen LogP contribution in [0.4, 0.5) is 23.0 Å². The van der Waals surface area contributed by atoms with Gasteiger partial charge in [-0.1, -0.05) is 18.2 Å². The minimum Gasteiger partial charge on any atom is -0.340 e. The summed E-state index contributed by atoms with van der Waals surface area (Å²) in [7, 11) is 0. The Hall–Kier alpha value is -4.07. The zero-order valence-electron chi connectivity index (χ0n) is 16.0. The minimum atomic E-state index is -0.128. The normalized spacial score (nSPS) is 13.7. The number of nitrogens with one attached hydrogen (secondary N) is 5. The highest BCUT2D eigenvalue weighted by Crippen LogP contribution is 2.40. The van der Waals surface area contributed by atoms with E-state index in [-0.39, 0.29) is 5.56 Å². The average Bonchev–Trinajstić information content (AvgIpc) is 3.40. The number of rotatable bonds is 5. The molecule has 1 fully saturated rings. The Kier molecular flexibility index (Phi) is 3.64. The number of pyridine rings is 1. The molecule has 148 valence electrons. The van der Waals surface area contributed by atoms with Crippen LogP contribution < -0.4 is 16.2 Å². The van der Waals surface area contributed by atoms with Gasteiger partial charge in [-0.15, -0.1) is 0 Å². The van der Waals surface area contributed by atoms with Gasteiger partial charge in [-0.2, -0.15) is 5.10 Å². The van der Waals surface area contributed by atoms with Crippen molar-refractivity contribution in [3.8, 4) is 0 Å². The van der Waals surface area contributed by atoms with Gasteiger partial charge in [0.1, 0.15) is 5.82 Å². The highest BCUT2D eigenvalue weighted by molar-refractivity contribution is 5.95. The first-order chi connectivity index (χ1) is 14.7. The number of benzene rings is 2. The number of anilines is 4. The average molecular weight is 397 g/mol. The van der Waals surface area contributed by atoms with Crippen LogP contribution in [0.5, 0.6) is 0 Å². The fraction of sp³-hybridized carbons (Fsp3) is 0.136. The SMILES string of the molecule is O=c1[nH][nH]c2cc(Nc3cc(Nc4cc(C5CC5)[nH]n4)c4ccccc4n3)ccc12. The number of H-pyrrole nitrogens is 3. The maximum Gasteiger partial charge on any atom is 0.271 e. The van der Waals surface area contributed by atoms with E-state index in [1.165, 1.54) is 18.5 Å². The van der Waals surface area contributed by atoms with E-state index in [1.807, 2.05) is 42.5 Å². The molecule has 3 aromatic heterocycles. The van der Waals surface area contributed by atoms with Gasteiger partial charge in [-0.05, 0) is 37.1 Å². The molecule has 0 radical (unpaired) electrons. The third-order valence-electron chi connectivity index (χ3n) is 5.44. The summed E-state index contributed by atoms with van der Waals surface area (Å²) >= 11 is 0. The standard InChI is InChI=1S/C22H19N7O/c30-22-15-8-7-13(9-19(15)27-29-22)23-20-11-18(14-3-1-2-4-16(14)24-20)25-21-10-17(26-28-21)12-5-6-12/h1-4,7-12H,5-6H2,(H2,27,29,30)(H3,23,24,25,26,28). The summed E-state index contributed by atoms with van der Waals surface area (Å²) in [5.41, 5.74) is 4.43. The molecule has 8 nitrogen and oxygen atoms in total. The molecule has 5 aromatic rings. The molecule has 0 spiro atoms. The fourth-order valence-corrected chi connectivity index (χ4v) is 3.75. The number of para-hydroxylation sites is 1. The molecule has 2 aromatic carbocycles. The Morgan fingerprint density at radius 2 is 1.80 bits per heavy atom. The minimum absolute atomic E-state index is 0.128. The maximum absolute atomic E-state index is 11.7. The Balaban J connectivity index is 1.37. The second-order valence-corrected chi connectivity index (χ2v) is 7.64. The second-order valence-electron chi connectivity index (χ2n) is 7.64. The van der Waals surface area contributed by atoms with Crippen molar-refractivity contribution in [2.45, 2.75) is 18.8 Å². The van der Waals surface area contributed by atoms with Crippen LogP contribution in [0.2, 0.25) is 0 Å². The van der Waals surface area contributed by atoms with Gasteiger partial charge in [0.2, 0.25) is 0 Å². The van der Waals surface area contributed by atoms with E-state index in [1.54, 1.807) is 6.07 Å². The third kappa shape index (κ3) is 2.98. The summed E-state index contributed by atoms with van der Waals surface area (Å²) in [6.45, 7) is 0. The molecule has 0 aliphatic heterocycles. The number of aromatic nitrogens is 5. The van der Waals surface area contributed by atoms with Crippen LogP contribution in [-0.2, 0) is 0 Å². The van der Waals surface area contributed by atoms with E-state index >= 15 is 0 Å². The van der Waals surface area contributed by atoms with Gasteiger partial charge < -0.3 is 10.6 Å². The second kappa shape index (κ2) is 6.48. The number of fused-ring (bicyclic) bond motifs is 2. The maximum atomic E-state index is 11.7. The van der Waals surface area contributed by atoms with Crippen molar-refractivity contribution in [3.63, 3.8) is 0 Å². The van der Waals surface area contributed by atoms with Crippen LogP contribution in [0.3, 0.4) is 0 Å². The predicted octanol–water partition coefficient (Wildman–Crippen LogP) is 4.49. The van der Waals surface area contributed by atoms with Crippen LogP contribution in [0.25, 0.3) is 21.8 Å². The van der Waals surface area contributed by atoms with Gasteiger partial charge in [0.25, 0.3) is 5.56 Å². The highest BCUT2D eigenvalue weighted by atomic mass is 16.1. The molecule has 3 heterocycles. The topological polar surface area (TPSA) is 114 Å². The first-order valence-corrected chi connectivity index (χ1v) is 9.92. The summed E-state index contributed by atoms with van der Waals surface area (Å²) < 4.78 is 0. The van der Waals surface area contributed by atoms with Crippen molar-refractivity contribution < 1.29 is 0 Å². The zero-order valence-corrected chi connectivity index (χ0v) is 16.0. The van der Waals surface area contributed by atoms with Crippen molar-refractivity contribution in [1.29, 1.82) is 0 Å². The molecule has 0 saturated heterocycles. The Labute approximate surface area is 170 Å². The molecule has 0 unspecified atom stereocenters. The summed E-state index contributed by atoms with van der Waals surface area (Å²) in [6, 6.07) is 17.6. The number of hydrogen-bond donors (Lipinski definition) is 5. The van der Waals surface area contributed by atoms with Crippen molar-refractivity contribution >= 4 is 44.8 Å². The van der Waals surface area contributed by atoms with E-state index in [2.05, 4.69) is 37.1 Å². The molecule has 8 heteroatoms. The highest BCUT2D eigenvalue weighted by Gasteiger charge is 2.25. The van der Waals surface area contributed by atoms with Crippen LogP contribution in [0.1, 0.15) is 24.5 Å². The Bertz CT molecular complexity index is 1440. The zero-order chi connectivity index (χ0) is 20.1. The fourth-order valence-electron chi connectivity index (χ4n) is 3.75. The lowest BCUT2D eigenvalue weighted by atomic mass is 10.1. The first-order valence-electron chi connectivity index (χ1n) is 9.92. The summed E-state index contributed by atoms with van der Waals surface area (Å²) in [5, 5.41) is 21.4. The molecular formula is C22H19N7O. The summed E-state index contributed by atoms with van der Waals surface area (Å²) in [4.78, 5) is 16.5. The molecule has 1 aliphatic rings. The first kappa shape index (κ1) is 16.8. The molecule has 6 rings (SSSR count). The van der Waals surface area contributed by atoms with Crippen LogP contribution >= 0.6 is 0 Å². The van der Waals surface area contributed by atoms with Crippen LogP contribution in [-0.4, -0.2) is 25.4 Å². The monoisotopic (exact) mass is 397 g/mol. The van der Waals surface area contributed by atoms with E-state index < -0.39 is 0 Å².